The Morgan fingerprint density at radius 3 is 2.11 bits per heavy atom. The summed E-state index contributed by atoms with van der Waals surface area (Å²) < 4.78 is 6.20. The lowest BCUT2D eigenvalue weighted by Crippen LogP contribution is -2.60. The fourth-order valence-corrected chi connectivity index (χ4v) is 5.61. The molecule has 176 valence electrons. The van der Waals surface area contributed by atoms with Gasteiger partial charge in [0.2, 0.25) is 0 Å². The van der Waals surface area contributed by atoms with Crippen LogP contribution in [0.15, 0.2) is 84.9 Å². The van der Waals surface area contributed by atoms with Gasteiger partial charge in [0.25, 0.3) is 0 Å². The number of rotatable bonds is 2. The number of para-hydroxylation sites is 1. The fourth-order valence-electron chi connectivity index (χ4n) is 5.61. The maximum absolute atomic E-state index is 13.8. The third-order valence-electron chi connectivity index (χ3n) is 7.30. The summed E-state index contributed by atoms with van der Waals surface area (Å²) in [6.45, 7) is 1.44. The minimum absolute atomic E-state index is 0.0523. The molecule has 1 unspecified atom stereocenters. The van der Waals surface area contributed by atoms with Gasteiger partial charge in [-0.25, -0.2) is 9.59 Å². The van der Waals surface area contributed by atoms with Gasteiger partial charge in [0.15, 0.2) is 11.4 Å². The van der Waals surface area contributed by atoms with Gasteiger partial charge in [0.1, 0.15) is 6.04 Å². The zero-order valence-electron chi connectivity index (χ0n) is 19.2. The van der Waals surface area contributed by atoms with Crippen molar-refractivity contribution < 1.29 is 19.1 Å². The first-order chi connectivity index (χ1) is 17.1. The molecule has 7 nitrogen and oxygen atoms in total. The summed E-state index contributed by atoms with van der Waals surface area (Å²) in [6.07, 6.45) is -0.0742. The number of carbonyl (C=O) groups excluding carboxylic acids is 3. The molecular formula is C28H25N3O4. The van der Waals surface area contributed by atoms with Gasteiger partial charge < -0.3 is 9.64 Å². The second-order valence-corrected chi connectivity index (χ2v) is 9.12. The Balaban J connectivity index is 1.38. The van der Waals surface area contributed by atoms with Gasteiger partial charge in [-0.1, -0.05) is 72.8 Å². The van der Waals surface area contributed by atoms with Crippen LogP contribution in [-0.2, 0) is 10.3 Å². The van der Waals surface area contributed by atoms with E-state index in [1.807, 2.05) is 78.9 Å². The normalized spacial score (nSPS) is 20.8. The Morgan fingerprint density at radius 2 is 1.43 bits per heavy atom. The first-order valence-corrected chi connectivity index (χ1v) is 11.9. The monoisotopic (exact) mass is 467 g/mol. The van der Waals surface area contributed by atoms with Crippen molar-refractivity contribution in [2.24, 2.45) is 0 Å². The van der Waals surface area contributed by atoms with Crippen LogP contribution in [0.5, 0.6) is 0 Å². The van der Waals surface area contributed by atoms with Crippen LogP contribution in [-0.4, -0.2) is 59.9 Å². The number of benzene rings is 3. The molecule has 3 aromatic carbocycles. The lowest BCUT2D eigenvalue weighted by Gasteiger charge is -2.43. The number of ether oxygens (including phenoxy) is 1. The van der Waals surface area contributed by atoms with Gasteiger partial charge in [0, 0.05) is 49.3 Å². The average Bonchev–Trinajstić information content (AvgIpc) is 3.22. The number of piperazine rings is 1. The molecule has 0 spiro atoms. The number of hydrogen-bond acceptors (Lipinski definition) is 4. The molecular weight excluding hydrogens is 442 g/mol. The first kappa shape index (κ1) is 21.4. The molecule has 0 saturated carbocycles. The van der Waals surface area contributed by atoms with Crippen LogP contribution in [0.2, 0.25) is 0 Å². The van der Waals surface area contributed by atoms with E-state index in [-0.39, 0.29) is 23.9 Å². The molecule has 3 amide bonds. The number of anilines is 1. The molecule has 2 saturated heterocycles. The highest BCUT2D eigenvalue weighted by molar-refractivity contribution is 6.08. The number of urea groups is 1. The zero-order valence-corrected chi connectivity index (χ0v) is 19.2. The number of cyclic esters (lactones) is 1. The van der Waals surface area contributed by atoms with Crippen molar-refractivity contribution >= 4 is 23.6 Å². The lowest BCUT2D eigenvalue weighted by atomic mass is 9.79. The van der Waals surface area contributed by atoms with Crippen molar-refractivity contribution in [3.05, 3.63) is 102 Å². The molecule has 7 heteroatoms. The molecule has 3 aliphatic heterocycles. The summed E-state index contributed by atoms with van der Waals surface area (Å²) >= 11 is 0. The highest BCUT2D eigenvalue weighted by atomic mass is 16.6. The van der Waals surface area contributed by atoms with E-state index in [2.05, 4.69) is 0 Å². The highest BCUT2D eigenvalue weighted by Gasteiger charge is 2.58. The molecule has 0 radical (unpaired) electrons. The SMILES string of the molecule is O=C1CCN(C(=O)N2CCN3C(=O)OC(c4ccccc4)(c4ccccc4)C3C2)c2ccccc21. The maximum atomic E-state index is 13.8. The molecule has 2 fully saturated rings. The van der Waals surface area contributed by atoms with Crippen molar-refractivity contribution in [3.63, 3.8) is 0 Å². The predicted octanol–water partition coefficient (Wildman–Crippen LogP) is 4.28. The van der Waals surface area contributed by atoms with Gasteiger partial charge in [-0.15, -0.1) is 0 Å². The van der Waals surface area contributed by atoms with Gasteiger partial charge in [0.05, 0.1) is 5.69 Å². The molecule has 0 aromatic heterocycles. The number of hydrogen-bond donors (Lipinski definition) is 0. The topological polar surface area (TPSA) is 70.2 Å². The van der Waals surface area contributed by atoms with Crippen LogP contribution in [0.4, 0.5) is 15.3 Å². The van der Waals surface area contributed by atoms with Crippen molar-refractivity contribution in [1.82, 2.24) is 9.80 Å². The van der Waals surface area contributed by atoms with Crippen molar-refractivity contribution in [2.75, 3.05) is 31.1 Å². The van der Waals surface area contributed by atoms with Gasteiger partial charge in [-0.05, 0) is 12.1 Å². The van der Waals surface area contributed by atoms with Gasteiger partial charge in [-0.3, -0.25) is 14.6 Å². The van der Waals surface area contributed by atoms with Gasteiger partial charge >= 0.3 is 12.1 Å². The Hall–Kier alpha value is -4.13. The molecule has 0 bridgehead atoms. The van der Waals surface area contributed by atoms with Crippen LogP contribution in [0.25, 0.3) is 0 Å². The largest absolute Gasteiger partial charge is 0.431 e. The van der Waals surface area contributed by atoms with Crippen molar-refractivity contribution in [2.45, 2.75) is 18.1 Å². The molecule has 0 aliphatic carbocycles. The molecule has 3 aliphatic rings. The number of Topliss-reactive ketones (excluding diaryl/α,β-unsaturated/α-hetero) is 1. The molecule has 35 heavy (non-hydrogen) atoms. The minimum atomic E-state index is -1.03. The Kier molecular flexibility index (Phi) is 5.06. The Bertz CT molecular complexity index is 1250. The fraction of sp³-hybridized carbons (Fsp3) is 0.250. The maximum Gasteiger partial charge on any atom is 0.411 e. The summed E-state index contributed by atoms with van der Waals surface area (Å²) in [6, 6.07) is 26.2. The van der Waals surface area contributed by atoms with E-state index < -0.39 is 5.60 Å². The number of nitrogens with zero attached hydrogens (tertiary/aromatic N) is 3. The average molecular weight is 468 g/mol. The third kappa shape index (κ3) is 3.30. The summed E-state index contributed by atoms with van der Waals surface area (Å²) in [4.78, 5) is 44.5. The quantitative estimate of drug-likeness (QED) is 0.564. The Morgan fingerprint density at radius 1 is 0.800 bits per heavy atom. The molecule has 6 rings (SSSR count). The van der Waals surface area contributed by atoms with E-state index in [9.17, 15) is 14.4 Å². The second-order valence-electron chi connectivity index (χ2n) is 9.12. The van der Waals surface area contributed by atoms with E-state index in [4.69, 9.17) is 4.74 Å². The highest BCUT2D eigenvalue weighted by Crippen LogP contribution is 2.46. The number of carbonyl (C=O) groups is 3. The number of fused-ring (bicyclic) bond motifs is 2. The van der Waals surface area contributed by atoms with Crippen LogP contribution < -0.4 is 4.90 Å². The van der Waals surface area contributed by atoms with E-state index in [1.54, 1.807) is 20.8 Å². The van der Waals surface area contributed by atoms with E-state index in [1.165, 1.54) is 0 Å². The molecule has 0 N–H and O–H groups in total. The number of ketones is 1. The minimum Gasteiger partial charge on any atom is -0.431 e. The number of amides is 3. The van der Waals surface area contributed by atoms with Crippen molar-refractivity contribution in [1.29, 1.82) is 0 Å². The van der Waals surface area contributed by atoms with Crippen molar-refractivity contribution in [3.8, 4) is 0 Å². The van der Waals surface area contributed by atoms with E-state index >= 15 is 0 Å². The molecule has 3 aromatic rings. The summed E-state index contributed by atoms with van der Waals surface area (Å²) in [7, 11) is 0. The van der Waals surface area contributed by atoms with Crippen LogP contribution in [0.1, 0.15) is 27.9 Å². The zero-order chi connectivity index (χ0) is 24.0. The smallest absolute Gasteiger partial charge is 0.411 e. The predicted molar refractivity (Wildman–Crippen MR) is 130 cm³/mol. The third-order valence-corrected chi connectivity index (χ3v) is 7.30. The van der Waals surface area contributed by atoms with Gasteiger partial charge in [-0.2, -0.15) is 0 Å². The van der Waals surface area contributed by atoms with Crippen LogP contribution in [0.3, 0.4) is 0 Å². The standard InChI is InChI=1S/C28H25N3O4/c32-24-15-16-30(23-14-8-7-13-22(23)24)26(33)29-17-18-31-25(19-29)28(35-27(31)34,20-9-3-1-4-10-20)21-11-5-2-6-12-21/h1-14,25H,15-19H2. The second kappa shape index (κ2) is 8.27. The first-order valence-electron chi connectivity index (χ1n) is 11.9. The van der Waals surface area contributed by atoms with E-state index in [0.29, 0.717) is 43.9 Å². The van der Waals surface area contributed by atoms with E-state index in [0.717, 1.165) is 11.1 Å². The van der Waals surface area contributed by atoms with Crippen LogP contribution >= 0.6 is 0 Å². The summed E-state index contributed by atoms with van der Waals surface area (Å²) in [5, 5.41) is 0. The molecule has 3 heterocycles. The Labute approximate surface area is 203 Å². The summed E-state index contributed by atoms with van der Waals surface area (Å²) in [5.41, 5.74) is 1.93. The van der Waals surface area contributed by atoms with Crippen LogP contribution in [0, 0.1) is 0 Å². The lowest BCUT2D eigenvalue weighted by molar-refractivity contribution is 0.0518. The summed E-state index contributed by atoms with van der Waals surface area (Å²) in [5.74, 6) is 0.0523. The molecule has 1 atom stereocenters.